The Morgan fingerprint density at radius 2 is 2.00 bits per heavy atom. The predicted molar refractivity (Wildman–Crippen MR) is 92.6 cm³/mol. The van der Waals surface area contributed by atoms with Crippen molar-refractivity contribution in [3.63, 3.8) is 0 Å². The zero-order valence-electron chi connectivity index (χ0n) is 13.5. The smallest absolute Gasteiger partial charge is 0.0420 e. The van der Waals surface area contributed by atoms with Gasteiger partial charge in [-0.1, -0.05) is 26.2 Å². The number of likely N-dealkylation sites (N-methyl/N-ethyl adjacent to an activating group) is 2. The fourth-order valence-corrected chi connectivity index (χ4v) is 3.94. The molecule has 21 heavy (non-hydrogen) atoms. The first-order valence-electron chi connectivity index (χ1n) is 8.10. The van der Waals surface area contributed by atoms with Crippen molar-refractivity contribution >= 4 is 15.9 Å². The topological polar surface area (TPSA) is 28.2 Å². The number of rotatable bonds is 6. The summed E-state index contributed by atoms with van der Waals surface area (Å²) >= 11 is 3.47. The molecule has 4 heteroatoms. The Kier molecular flexibility index (Phi) is 6.20. The third kappa shape index (κ3) is 4.05. The predicted octanol–water partition coefficient (Wildman–Crippen LogP) is 3.63. The molecule has 1 heterocycles. The minimum absolute atomic E-state index is 0.267. The van der Waals surface area contributed by atoms with Crippen molar-refractivity contribution < 1.29 is 0 Å². The molecule has 3 nitrogen and oxygen atoms in total. The van der Waals surface area contributed by atoms with Crippen LogP contribution in [-0.4, -0.2) is 42.1 Å². The lowest BCUT2D eigenvalue weighted by atomic mass is 9.74. The van der Waals surface area contributed by atoms with Gasteiger partial charge in [0.15, 0.2) is 0 Å². The zero-order chi connectivity index (χ0) is 15.3. The normalized spacial score (nSPS) is 19.7. The molecule has 1 aliphatic carbocycles. The van der Waals surface area contributed by atoms with Gasteiger partial charge in [-0.2, -0.15) is 0 Å². The summed E-state index contributed by atoms with van der Waals surface area (Å²) in [6, 6.07) is 4.70. The largest absolute Gasteiger partial charge is 0.312 e. The SMILES string of the molecule is CCNC(Cc1ccc(Br)cn1)C1(N(C)C)CCCCC1. The molecule has 118 valence electrons. The maximum atomic E-state index is 4.58. The van der Waals surface area contributed by atoms with Crippen LogP contribution in [0.15, 0.2) is 22.8 Å². The van der Waals surface area contributed by atoms with Crippen molar-refractivity contribution in [3.05, 3.63) is 28.5 Å². The van der Waals surface area contributed by atoms with Crippen LogP contribution in [0.2, 0.25) is 0 Å². The molecular formula is C17H28BrN3. The monoisotopic (exact) mass is 353 g/mol. The van der Waals surface area contributed by atoms with Crippen molar-refractivity contribution in [2.45, 2.75) is 57.0 Å². The lowest BCUT2D eigenvalue weighted by Gasteiger charge is -2.49. The van der Waals surface area contributed by atoms with E-state index in [-0.39, 0.29) is 5.54 Å². The second-order valence-electron chi connectivity index (χ2n) is 6.34. The lowest BCUT2D eigenvalue weighted by molar-refractivity contribution is 0.0571. The lowest BCUT2D eigenvalue weighted by Crippen LogP contribution is -2.60. The van der Waals surface area contributed by atoms with E-state index in [1.807, 2.05) is 6.20 Å². The molecule has 2 rings (SSSR count). The fourth-order valence-electron chi connectivity index (χ4n) is 3.71. The average molecular weight is 354 g/mol. The summed E-state index contributed by atoms with van der Waals surface area (Å²) in [6.07, 6.45) is 9.54. The van der Waals surface area contributed by atoms with Crippen molar-refractivity contribution in [3.8, 4) is 0 Å². The molecule has 1 atom stereocenters. The molecule has 0 spiro atoms. The molecule has 1 aliphatic rings. The second kappa shape index (κ2) is 7.70. The minimum Gasteiger partial charge on any atom is -0.312 e. The van der Waals surface area contributed by atoms with E-state index >= 15 is 0 Å². The van der Waals surface area contributed by atoms with Crippen molar-refractivity contribution in [2.75, 3.05) is 20.6 Å². The van der Waals surface area contributed by atoms with Crippen LogP contribution in [0.4, 0.5) is 0 Å². The maximum absolute atomic E-state index is 4.58. The highest BCUT2D eigenvalue weighted by molar-refractivity contribution is 9.10. The molecule has 0 aromatic carbocycles. The van der Waals surface area contributed by atoms with E-state index in [0.717, 1.165) is 17.4 Å². The fraction of sp³-hybridized carbons (Fsp3) is 0.706. The molecule has 0 bridgehead atoms. The highest BCUT2D eigenvalue weighted by atomic mass is 79.9. The van der Waals surface area contributed by atoms with Crippen LogP contribution in [0.5, 0.6) is 0 Å². The van der Waals surface area contributed by atoms with Crippen LogP contribution in [-0.2, 0) is 6.42 Å². The van der Waals surface area contributed by atoms with Crippen molar-refractivity contribution in [1.29, 1.82) is 0 Å². The Labute approximate surface area is 137 Å². The molecule has 0 amide bonds. The van der Waals surface area contributed by atoms with E-state index in [9.17, 15) is 0 Å². The van der Waals surface area contributed by atoms with Gasteiger partial charge in [-0.25, -0.2) is 0 Å². The van der Waals surface area contributed by atoms with E-state index in [1.54, 1.807) is 0 Å². The third-order valence-corrected chi connectivity index (χ3v) is 5.38. The van der Waals surface area contributed by atoms with Crippen LogP contribution >= 0.6 is 15.9 Å². The van der Waals surface area contributed by atoms with Gasteiger partial charge in [-0.3, -0.25) is 4.98 Å². The van der Waals surface area contributed by atoms with E-state index in [4.69, 9.17) is 0 Å². The summed E-state index contributed by atoms with van der Waals surface area (Å²) in [6.45, 7) is 3.21. The number of nitrogens with one attached hydrogen (secondary N) is 1. The number of nitrogens with zero attached hydrogens (tertiary/aromatic N) is 2. The Morgan fingerprint density at radius 3 is 2.52 bits per heavy atom. The number of aromatic nitrogens is 1. The Morgan fingerprint density at radius 1 is 1.29 bits per heavy atom. The van der Waals surface area contributed by atoms with E-state index in [2.05, 4.69) is 64.3 Å². The Hall–Kier alpha value is -0.450. The standard InChI is InChI=1S/C17H28BrN3/c1-4-19-16(12-15-9-8-14(18)13-20-15)17(21(2)3)10-6-5-7-11-17/h8-9,13,16,19H,4-7,10-12H2,1-3H3. The quantitative estimate of drug-likeness (QED) is 0.846. The summed E-state index contributed by atoms with van der Waals surface area (Å²) in [5.41, 5.74) is 1.44. The Balaban J connectivity index is 2.20. The summed E-state index contributed by atoms with van der Waals surface area (Å²) in [5, 5.41) is 3.74. The number of pyridine rings is 1. The van der Waals surface area contributed by atoms with Gasteiger partial charge >= 0.3 is 0 Å². The van der Waals surface area contributed by atoms with E-state index in [0.29, 0.717) is 6.04 Å². The first-order valence-corrected chi connectivity index (χ1v) is 8.89. The van der Waals surface area contributed by atoms with E-state index in [1.165, 1.54) is 37.8 Å². The molecule has 1 aromatic rings. The molecule has 0 aliphatic heterocycles. The molecule has 1 aromatic heterocycles. The van der Waals surface area contributed by atoms with Gasteiger partial charge in [0.1, 0.15) is 0 Å². The first-order chi connectivity index (χ1) is 10.1. The molecule has 1 unspecified atom stereocenters. The van der Waals surface area contributed by atoms with Crippen LogP contribution in [0.25, 0.3) is 0 Å². The van der Waals surface area contributed by atoms with Crippen LogP contribution in [0, 0.1) is 0 Å². The van der Waals surface area contributed by atoms with Gasteiger partial charge in [-0.05, 0) is 61.5 Å². The van der Waals surface area contributed by atoms with Gasteiger partial charge in [0.05, 0.1) is 0 Å². The van der Waals surface area contributed by atoms with Gasteiger partial charge in [-0.15, -0.1) is 0 Å². The van der Waals surface area contributed by atoms with Gasteiger partial charge < -0.3 is 10.2 Å². The van der Waals surface area contributed by atoms with Crippen LogP contribution in [0.3, 0.4) is 0 Å². The number of hydrogen-bond acceptors (Lipinski definition) is 3. The van der Waals surface area contributed by atoms with Gasteiger partial charge in [0.2, 0.25) is 0 Å². The molecular weight excluding hydrogens is 326 g/mol. The number of halogens is 1. The zero-order valence-corrected chi connectivity index (χ0v) is 15.1. The summed E-state index contributed by atoms with van der Waals surface area (Å²) in [7, 11) is 4.48. The molecule has 1 fully saturated rings. The summed E-state index contributed by atoms with van der Waals surface area (Å²) in [5.74, 6) is 0. The van der Waals surface area contributed by atoms with Crippen molar-refractivity contribution in [1.82, 2.24) is 15.2 Å². The molecule has 1 N–H and O–H groups in total. The first kappa shape index (κ1) is 16.9. The number of hydrogen-bond donors (Lipinski definition) is 1. The van der Waals surface area contributed by atoms with Crippen molar-refractivity contribution in [2.24, 2.45) is 0 Å². The summed E-state index contributed by atoms with van der Waals surface area (Å²) < 4.78 is 1.05. The van der Waals surface area contributed by atoms with E-state index < -0.39 is 0 Å². The minimum atomic E-state index is 0.267. The van der Waals surface area contributed by atoms with Crippen LogP contribution < -0.4 is 5.32 Å². The molecule has 1 saturated carbocycles. The average Bonchev–Trinajstić information content (AvgIpc) is 2.49. The summed E-state index contributed by atoms with van der Waals surface area (Å²) in [4.78, 5) is 7.04. The van der Waals surface area contributed by atoms with Gasteiger partial charge in [0, 0.05) is 34.4 Å². The maximum Gasteiger partial charge on any atom is 0.0420 e. The second-order valence-corrected chi connectivity index (χ2v) is 7.26. The Bertz CT molecular complexity index is 424. The molecule has 0 radical (unpaired) electrons. The third-order valence-electron chi connectivity index (χ3n) is 4.91. The highest BCUT2D eigenvalue weighted by Crippen LogP contribution is 2.36. The molecule has 0 saturated heterocycles. The highest BCUT2D eigenvalue weighted by Gasteiger charge is 2.41. The van der Waals surface area contributed by atoms with Crippen LogP contribution in [0.1, 0.15) is 44.7 Å². The van der Waals surface area contributed by atoms with Gasteiger partial charge in [0.25, 0.3) is 0 Å².